The fourth-order valence-corrected chi connectivity index (χ4v) is 4.69. The number of hydrogen-bond donors (Lipinski definition) is 0. The quantitative estimate of drug-likeness (QED) is 0.321. The van der Waals surface area contributed by atoms with Crippen molar-refractivity contribution >= 4 is 28.9 Å². The third-order valence-corrected chi connectivity index (χ3v) is 6.59. The summed E-state index contributed by atoms with van der Waals surface area (Å²) in [5.74, 6) is 2.31. The first-order chi connectivity index (χ1) is 18.1. The molecule has 2 aliphatic rings. The van der Waals surface area contributed by atoms with Gasteiger partial charge in [-0.3, -0.25) is 9.79 Å². The van der Waals surface area contributed by atoms with Crippen molar-refractivity contribution < 1.29 is 28.2 Å². The number of amides is 1. The van der Waals surface area contributed by atoms with E-state index in [0.29, 0.717) is 45.7 Å². The predicted molar refractivity (Wildman–Crippen MR) is 137 cm³/mol. The summed E-state index contributed by atoms with van der Waals surface area (Å²) >= 11 is 0. The van der Waals surface area contributed by atoms with E-state index in [1.165, 1.54) is 7.11 Å². The van der Waals surface area contributed by atoms with Crippen molar-refractivity contribution in [3.05, 3.63) is 60.2 Å². The number of oxazole rings is 1. The predicted octanol–water partition coefficient (Wildman–Crippen LogP) is 5.25. The Kier molecular flexibility index (Phi) is 5.88. The van der Waals surface area contributed by atoms with E-state index in [9.17, 15) is 4.79 Å². The third kappa shape index (κ3) is 4.22. The number of para-hydroxylation sites is 2. The molecule has 3 heterocycles. The number of fused-ring (bicyclic) bond motifs is 3. The molecule has 4 aromatic rings. The van der Waals surface area contributed by atoms with Crippen molar-refractivity contribution in [2.45, 2.75) is 18.9 Å². The van der Waals surface area contributed by atoms with Crippen molar-refractivity contribution in [2.24, 2.45) is 4.99 Å². The van der Waals surface area contributed by atoms with E-state index in [4.69, 9.17) is 23.4 Å². The number of hydrogen-bond acceptors (Lipinski definition) is 8. The van der Waals surface area contributed by atoms with Gasteiger partial charge in [-0.1, -0.05) is 12.1 Å². The summed E-state index contributed by atoms with van der Waals surface area (Å²) < 4.78 is 28.6. The van der Waals surface area contributed by atoms with Crippen LogP contribution >= 0.6 is 0 Å². The maximum absolute atomic E-state index is 13.0. The lowest BCUT2D eigenvalue weighted by Crippen LogP contribution is -2.35. The second kappa shape index (κ2) is 9.50. The summed E-state index contributed by atoms with van der Waals surface area (Å²) in [6.07, 6.45) is 3.74. The summed E-state index contributed by atoms with van der Waals surface area (Å²) in [6.45, 7) is 0.622. The molecule has 188 valence electrons. The van der Waals surface area contributed by atoms with Gasteiger partial charge in [-0.15, -0.1) is 0 Å². The molecular formula is C28H25N3O6. The molecule has 0 radical (unpaired) electrons. The molecule has 0 unspecified atom stereocenters. The summed E-state index contributed by atoms with van der Waals surface area (Å²) in [6, 6.07) is 16.4. The lowest BCUT2D eigenvalue weighted by atomic mass is 10.1. The van der Waals surface area contributed by atoms with Gasteiger partial charge in [-0.2, -0.15) is 0 Å². The largest absolute Gasteiger partial charge is 0.493 e. The van der Waals surface area contributed by atoms with E-state index in [1.54, 1.807) is 31.4 Å². The van der Waals surface area contributed by atoms with Crippen molar-refractivity contribution in [2.75, 3.05) is 27.6 Å². The number of aliphatic imine (C=N–C) groups is 1. The van der Waals surface area contributed by atoms with Gasteiger partial charge in [-0.25, -0.2) is 4.98 Å². The van der Waals surface area contributed by atoms with Crippen molar-refractivity contribution in [1.29, 1.82) is 0 Å². The zero-order chi connectivity index (χ0) is 25.4. The molecule has 37 heavy (non-hydrogen) atoms. The Balaban J connectivity index is 1.20. The van der Waals surface area contributed by atoms with Crippen LogP contribution < -0.4 is 18.9 Å². The van der Waals surface area contributed by atoms with Gasteiger partial charge in [0.25, 0.3) is 5.91 Å². The molecule has 1 amide bonds. The van der Waals surface area contributed by atoms with Crippen LogP contribution in [0.3, 0.4) is 0 Å². The molecule has 6 rings (SSSR count). The van der Waals surface area contributed by atoms with Gasteiger partial charge in [-0.05, 0) is 49.2 Å². The third-order valence-electron chi connectivity index (χ3n) is 6.59. The highest BCUT2D eigenvalue weighted by Gasteiger charge is 2.32. The molecule has 0 saturated carbocycles. The number of ether oxygens (including phenoxy) is 4. The number of methoxy groups -OCH3 is 2. The Morgan fingerprint density at radius 3 is 2.62 bits per heavy atom. The van der Waals surface area contributed by atoms with Crippen LogP contribution in [0.2, 0.25) is 0 Å². The molecule has 1 saturated heterocycles. The Labute approximate surface area is 213 Å². The summed E-state index contributed by atoms with van der Waals surface area (Å²) in [7, 11) is 3.10. The first-order valence-electron chi connectivity index (χ1n) is 12.0. The average Bonchev–Trinajstić information content (AvgIpc) is 3.56. The Morgan fingerprint density at radius 1 is 0.973 bits per heavy atom. The first kappa shape index (κ1) is 22.9. The second-order valence-electron chi connectivity index (χ2n) is 8.77. The number of rotatable bonds is 7. The van der Waals surface area contributed by atoms with Crippen molar-refractivity contribution in [3.8, 4) is 34.5 Å². The lowest BCUT2D eigenvalue weighted by Gasteiger charge is -2.20. The van der Waals surface area contributed by atoms with Crippen LogP contribution in [0.4, 0.5) is 5.69 Å². The highest BCUT2D eigenvalue weighted by molar-refractivity contribution is 6.03. The zero-order valence-electron chi connectivity index (χ0n) is 20.5. The van der Waals surface area contributed by atoms with E-state index in [0.717, 1.165) is 30.5 Å². The molecule has 9 heteroatoms. The monoisotopic (exact) mass is 499 g/mol. The second-order valence-corrected chi connectivity index (χ2v) is 8.77. The smallest absolute Gasteiger partial charge is 0.256 e. The molecule has 0 aliphatic carbocycles. The van der Waals surface area contributed by atoms with Gasteiger partial charge >= 0.3 is 0 Å². The fraction of sp³-hybridized carbons (Fsp3) is 0.250. The molecule has 0 N–H and O–H groups in total. The lowest BCUT2D eigenvalue weighted by molar-refractivity contribution is 0.0774. The molecule has 1 aromatic heterocycles. The van der Waals surface area contributed by atoms with Crippen LogP contribution in [-0.4, -0.2) is 55.6 Å². The Hall–Kier alpha value is -4.53. The van der Waals surface area contributed by atoms with Crippen LogP contribution in [0.25, 0.3) is 22.6 Å². The fourth-order valence-electron chi connectivity index (χ4n) is 4.69. The van der Waals surface area contributed by atoms with Gasteiger partial charge < -0.3 is 28.3 Å². The highest BCUT2D eigenvalue weighted by Crippen LogP contribution is 2.39. The number of aromatic nitrogens is 1. The Bertz CT molecular complexity index is 1480. The van der Waals surface area contributed by atoms with Gasteiger partial charge in [0, 0.05) is 24.4 Å². The van der Waals surface area contributed by atoms with Crippen molar-refractivity contribution in [3.63, 3.8) is 0 Å². The van der Waals surface area contributed by atoms with Gasteiger partial charge in [0.05, 0.1) is 31.5 Å². The number of carbonyl (C=O) groups is 1. The normalized spacial score (nSPS) is 16.3. The topological polar surface area (TPSA) is 95.6 Å². The first-order valence-corrected chi connectivity index (χ1v) is 12.0. The summed E-state index contributed by atoms with van der Waals surface area (Å²) in [5, 5.41) is 0. The van der Waals surface area contributed by atoms with Gasteiger partial charge in [0.1, 0.15) is 5.52 Å². The molecule has 3 aromatic carbocycles. The molecule has 1 fully saturated rings. The average molecular weight is 500 g/mol. The van der Waals surface area contributed by atoms with E-state index in [1.807, 2.05) is 41.4 Å². The summed E-state index contributed by atoms with van der Waals surface area (Å²) in [4.78, 5) is 24.0. The minimum atomic E-state index is -0.111. The minimum absolute atomic E-state index is 0.0313. The minimum Gasteiger partial charge on any atom is -0.493 e. The molecule has 0 bridgehead atoms. The number of nitrogens with zero attached hydrogens (tertiary/aromatic N) is 3. The van der Waals surface area contributed by atoms with Gasteiger partial charge in [0.15, 0.2) is 28.6 Å². The maximum Gasteiger partial charge on any atom is 0.256 e. The summed E-state index contributed by atoms with van der Waals surface area (Å²) in [5.41, 5.74) is 3.31. The SMILES string of the molecule is COc1cc(-c2nc3ccccc3o2)ccc1OCOc1cc2c(cc1OC)C(=O)N1CCC[C@H]1C=N2. The molecule has 1 atom stereocenters. The van der Waals surface area contributed by atoms with Crippen LogP contribution in [-0.2, 0) is 0 Å². The zero-order valence-corrected chi connectivity index (χ0v) is 20.5. The van der Waals surface area contributed by atoms with E-state index in [2.05, 4.69) is 9.98 Å². The van der Waals surface area contributed by atoms with Gasteiger partial charge in [0.2, 0.25) is 12.7 Å². The molecule has 9 nitrogen and oxygen atoms in total. The van der Waals surface area contributed by atoms with Crippen LogP contribution in [0.15, 0.2) is 64.0 Å². The van der Waals surface area contributed by atoms with Crippen molar-refractivity contribution in [1.82, 2.24) is 9.88 Å². The van der Waals surface area contributed by atoms with Crippen LogP contribution in [0, 0.1) is 0 Å². The van der Waals surface area contributed by atoms with E-state index < -0.39 is 0 Å². The maximum atomic E-state index is 13.0. The van der Waals surface area contributed by atoms with Crippen LogP contribution in [0.1, 0.15) is 23.2 Å². The van der Waals surface area contributed by atoms with E-state index in [-0.39, 0.29) is 18.7 Å². The molecule has 2 aliphatic heterocycles. The highest BCUT2D eigenvalue weighted by atomic mass is 16.7. The van der Waals surface area contributed by atoms with E-state index >= 15 is 0 Å². The molecular weight excluding hydrogens is 474 g/mol. The number of benzene rings is 3. The van der Waals surface area contributed by atoms with Crippen LogP contribution in [0.5, 0.6) is 23.0 Å². The molecule has 0 spiro atoms. The number of carbonyl (C=O) groups excluding carboxylic acids is 1. The standard InChI is InChI=1S/C28H25N3O6/c1-33-24-12-17(27-30-20-7-3-4-8-22(20)37-27)9-10-23(24)35-16-36-26-14-21-19(13-25(26)34-2)28(32)31-11-5-6-18(31)15-29-21/h3-4,7-10,12-15,18H,5-6,11,16H2,1-2H3/t18-/m0/s1. The Morgan fingerprint density at radius 2 is 1.78 bits per heavy atom.